The van der Waals surface area contributed by atoms with Crippen LogP contribution in [0.1, 0.15) is 17.0 Å². The predicted molar refractivity (Wildman–Crippen MR) is 74.5 cm³/mol. The van der Waals surface area contributed by atoms with Crippen LogP contribution in [-0.4, -0.2) is 15.0 Å². The minimum Gasteiger partial charge on any atom is -0.210 e. The lowest BCUT2D eigenvalue weighted by Crippen LogP contribution is -2.33. The normalized spacial score (nSPS) is 17.4. The third kappa shape index (κ3) is 2.34. The molecule has 0 spiro atoms. The van der Waals surface area contributed by atoms with Gasteiger partial charge in [0, 0.05) is 12.5 Å². The maximum absolute atomic E-state index is 13.5. The number of hydrogen-bond donors (Lipinski definition) is 1. The van der Waals surface area contributed by atoms with E-state index < -0.39 is 15.8 Å². The largest absolute Gasteiger partial charge is 0.243 e. The minimum atomic E-state index is -3.79. The Bertz CT molecular complexity index is 743. The molecule has 0 fully saturated rings. The molecular weight excluding hydrogens is 277 g/mol. The highest BCUT2D eigenvalue weighted by Gasteiger charge is 2.27. The highest BCUT2D eigenvalue weighted by Crippen LogP contribution is 2.34. The molecule has 20 heavy (non-hydrogen) atoms. The molecule has 1 atom stereocenters. The topological polar surface area (TPSA) is 46.2 Å². The molecule has 0 heterocycles. The average Bonchev–Trinajstić information content (AvgIpc) is 2.40. The van der Waals surface area contributed by atoms with E-state index in [0.717, 1.165) is 12.5 Å². The van der Waals surface area contributed by atoms with Gasteiger partial charge in [-0.15, -0.1) is 0 Å². The van der Waals surface area contributed by atoms with Crippen molar-refractivity contribution in [2.24, 2.45) is 0 Å². The Labute approximate surface area is 117 Å². The van der Waals surface area contributed by atoms with Crippen molar-refractivity contribution < 1.29 is 12.8 Å². The van der Waals surface area contributed by atoms with Crippen LogP contribution in [0, 0.1) is 5.82 Å². The van der Waals surface area contributed by atoms with Crippen LogP contribution < -0.4 is 4.72 Å². The van der Waals surface area contributed by atoms with Crippen LogP contribution >= 0.6 is 0 Å². The molecule has 1 aliphatic carbocycles. The van der Waals surface area contributed by atoms with Gasteiger partial charge in [0.15, 0.2) is 0 Å². The number of rotatable bonds is 4. The first-order valence-corrected chi connectivity index (χ1v) is 7.88. The van der Waals surface area contributed by atoms with Crippen molar-refractivity contribution in [1.29, 1.82) is 0 Å². The summed E-state index contributed by atoms with van der Waals surface area (Å²) >= 11 is 0. The van der Waals surface area contributed by atoms with E-state index in [2.05, 4.69) is 4.72 Å². The van der Waals surface area contributed by atoms with Gasteiger partial charge in [-0.1, -0.05) is 36.4 Å². The van der Waals surface area contributed by atoms with Gasteiger partial charge in [0.05, 0.1) is 0 Å². The standard InChI is InChI=1S/C15H14FNO2S/c16-14-7-3-4-8-15(14)20(18,19)17-10-12-9-11-5-1-2-6-13(11)12/h1-8,12,17H,9-10H2. The molecule has 5 heteroatoms. The summed E-state index contributed by atoms with van der Waals surface area (Å²) in [5.41, 5.74) is 2.42. The van der Waals surface area contributed by atoms with Gasteiger partial charge < -0.3 is 0 Å². The van der Waals surface area contributed by atoms with Gasteiger partial charge in [-0.2, -0.15) is 0 Å². The minimum absolute atomic E-state index is 0.174. The third-order valence-electron chi connectivity index (χ3n) is 3.61. The molecule has 0 saturated carbocycles. The van der Waals surface area contributed by atoms with Crippen LogP contribution in [-0.2, 0) is 16.4 Å². The summed E-state index contributed by atoms with van der Waals surface area (Å²) in [6.45, 7) is 0.299. The Balaban J connectivity index is 1.72. The molecule has 1 aliphatic rings. The first-order valence-electron chi connectivity index (χ1n) is 6.40. The molecule has 2 aromatic carbocycles. The molecule has 0 bridgehead atoms. The van der Waals surface area contributed by atoms with Crippen molar-refractivity contribution >= 4 is 10.0 Å². The van der Waals surface area contributed by atoms with Gasteiger partial charge in [0.25, 0.3) is 0 Å². The molecule has 1 unspecified atom stereocenters. The summed E-state index contributed by atoms with van der Waals surface area (Å²) in [6.07, 6.45) is 0.857. The van der Waals surface area contributed by atoms with Crippen molar-refractivity contribution in [3.63, 3.8) is 0 Å². The molecule has 0 saturated heterocycles. The average molecular weight is 291 g/mol. The zero-order valence-corrected chi connectivity index (χ0v) is 11.5. The summed E-state index contributed by atoms with van der Waals surface area (Å²) in [6, 6.07) is 13.3. The van der Waals surface area contributed by atoms with E-state index in [-0.39, 0.29) is 10.8 Å². The van der Waals surface area contributed by atoms with Crippen LogP contribution in [0.3, 0.4) is 0 Å². The Kier molecular flexibility index (Phi) is 3.31. The van der Waals surface area contributed by atoms with Crippen LogP contribution in [0.4, 0.5) is 4.39 Å². The molecule has 0 aliphatic heterocycles. The number of sulfonamides is 1. The van der Waals surface area contributed by atoms with Crippen LogP contribution in [0.15, 0.2) is 53.4 Å². The first kappa shape index (κ1) is 13.3. The fraction of sp³-hybridized carbons (Fsp3) is 0.200. The zero-order valence-electron chi connectivity index (χ0n) is 10.7. The van der Waals surface area contributed by atoms with Gasteiger partial charge in [-0.05, 0) is 29.7 Å². The summed E-state index contributed by atoms with van der Waals surface area (Å²) in [5, 5.41) is 0. The van der Waals surface area contributed by atoms with E-state index in [1.54, 1.807) is 0 Å². The highest BCUT2D eigenvalue weighted by atomic mass is 32.2. The number of fused-ring (bicyclic) bond motifs is 1. The molecule has 3 nitrogen and oxygen atoms in total. The second-order valence-electron chi connectivity index (χ2n) is 4.88. The number of nitrogens with one attached hydrogen (secondary N) is 1. The maximum atomic E-state index is 13.5. The lowest BCUT2D eigenvalue weighted by molar-refractivity contribution is 0.539. The molecule has 0 radical (unpaired) electrons. The molecule has 0 amide bonds. The van der Waals surface area contributed by atoms with E-state index in [9.17, 15) is 12.8 Å². The zero-order chi connectivity index (χ0) is 14.2. The van der Waals surface area contributed by atoms with Crippen molar-refractivity contribution in [1.82, 2.24) is 4.72 Å². The van der Waals surface area contributed by atoms with Crippen molar-refractivity contribution in [3.05, 3.63) is 65.5 Å². The van der Waals surface area contributed by atoms with Gasteiger partial charge in [0.2, 0.25) is 10.0 Å². The number of halogens is 1. The van der Waals surface area contributed by atoms with Crippen LogP contribution in [0.5, 0.6) is 0 Å². The Hall–Kier alpha value is -1.72. The van der Waals surface area contributed by atoms with E-state index in [1.807, 2.05) is 24.3 Å². The fourth-order valence-electron chi connectivity index (χ4n) is 2.50. The molecule has 0 aromatic heterocycles. The van der Waals surface area contributed by atoms with E-state index in [0.29, 0.717) is 6.54 Å². The summed E-state index contributed by atoms with van der Waals surface area (Å²) in [7, 11) is -3.79. The Morgan fingerprint density at radius 3 is 2.55 bits per heavy atom. The van der Waals surface area contributed by atoms with E-state index >= 15 is 0 Å². The second kappa shape index (κ2) is 5.00. The number of benzene rings is 2. The first-order chi connectivity index (χ1) is 9.58. The fourth-order valence-corrected chi connectivity index (χ4v) is 3.65. The highest BCUT2D eigenvalue weighted by molar-refractivity contribution is 7.89. The van der Waals surface area contributed by atoms with Crippen molar-refractivity contribution in [2.75, 3.05) is 6.54 Å². The van der Waals surface area contributed by atoms with E-state index in [1.165, 1.54) is 29.3 Å². The van der Waals surface area contributed by atoms with Crippen LogP contribution in [0.25, 0.3) is 0 Å². The van der Waals surface area contributed by atoms with Crippen LogP contribution in [0.2, 0.25) is 0 Å². The third-order valence-corrected chi connectivity index (χ3v) is 5.06. The second-order valence-corrected chi connectivity index (χ2v) is 6.62. The lowest BCUT2D eigenvalue weighted by atomic mass is 9.78. The van der Waals surface area contributed by atoms with Crippen molar-refractivity contribution in [2.45, 2.75) is 17.2 Å². The monoisotopic (exact) mass is 291 g/mol. The van der Waals surface area contributed by atoms with Gasteiger partial charge in [-0.3, -0.25) is 0 Å². The van der Waals surface area contributed by atoms with Crippen molar-refractivity contribution in [3.8, 4) is 0 Å². The van der Waals surface area contributed by atoms with Gasteiger partial charge in [0.1, 0.15) is 10.7 Å². The molecular formula is C15H14FNO2S. The Morgan fingerprint density at radius 1 is 1.10 bits per heavy atom. The maximum Gasteiger partial charge on any atom is 0.243 e. The van der Waals surface area contributed by atoms with Gasteiger partial charge in [-0.25, -0.2) is 17.5 Å². The Morgan fingerprint density at radius 2 is 1.80 bits per heavy atom. The summed E-state index contributed by atoms with van der Waals surface area (Å²) in [4.78, 5) is -0.299. The molecule has 2 aromatic rings. The van der Waals surface area contributed by atoms with E-state index in [4.69, 9.17) is 0 Å². The number of hydrogen-bond acceptors (Lipinski definition) is 2. The quantitative estimate of drug-likeness (QED) is 0.940. The summed E-state index contributed by atoms with van der Waals surface area (Å²) in [5.74, 6) is -0.554. The molecule has 1 N–H and O–H groups in total. The predicted octanol–water partition coefficient (Wildman–Crippen LogP) is 2.44. The smallest absolute Gasteiger partial charge is 0.210 e. The lowest BCUT2D eigenvalue weighted by Gasteiger charge is -2.30. The SMILES string of the molecule is O=S(=O)(NCC1Cc2ccccc21)c1ccccc1F. The molecule has 3 rings (SSSR count). The molecule has 104 valence electrons. The van der Waals surface area contributed by atoms with Gasteiger partial charge >= 0.3 is 0 Å². The summed E-state index contributed by atoms with van der Waals surface area (Å²) < 4.78 is 40.1.